The Kier molecular flexibility index (Phi) is 4.65. The molecule has 0 saturated carbocycles. The number of H-pyrrole nitrogens is 1. The molecule has 2 aromatic heterocycles. The minimum atomic E-state index is -0.643. The smallest absolute Gasteiger partial charge is 0.334 e. The summed E-state index contributed by atoms with van der Waals surface area (Å²) in [5.74, 6) is 1.07. The van der Waals surface area contributed by atoms with Crippen molar-refractivity contribution in [3.63, 3.8) is 0 Å². The van der Waals surface area contributed by atoms with Crippen molar-refractivity contribution in [2.24, 2.45) is 5.92 Å². The Morgan fingerprint density at radius 3 is 2.59 bits per heavy atom. The predicted octanol–water partition coefficient (Wildman–Crippen LogP) is 2.51. The number of hydrogen-bond donors (Lipinski definition) is 1. The van der Waals surface area contributed by atoms with Gasteiger partial charge in [-0.2, -0.15) is 0 Å². The fourth-order valence-corrected chi connectivity index (χ4v) is 4.98. The number of likely N-dealkylation sites (tertiary alicyclic amines) is 1. The quantitative estimate of drug-likeness (QED) is 0.494. The fourth-order valence-electron chi connectivity index (χ4n) is 4.98. The van der Waals surface area contributed by atoms with Crippen molar-refractivity contribution in [2.75, 3.05) is 27.3 Å². The van der Waals surface area contributed by atoms with Crippen LogP contribution in [-0.4, -0.2) is 52.6 Å². The van der Waals surface area contributed by atoms with E-state index in [0.717, 1.165) is 23.0 Å². The Labute approximate surface area is 182 Å². The van der Waals surface area contributed by atoms with Crippen LogP contribution < -0.4 is 15.0 Å². The molecule has 3 aromatic rings. The zero-order chi connectivity index (χ0) is 22.6. The Morgan fingerprint density at radius 2 is 1.88 bits per heavy atom. The summed E-state index contributed by atoms with van der Waals surface area (Å²) in [6.07, 6.45) is 0.849. The molecule has 1 saturated heterocycles. The molecule has 32 heavy (non-hydrogen) atoms. The minimum absolute atomic E-state index is 0.0375. The Hall–Kier alpha value is -3.82. The van der Waals surface area contributed by atoms with Crippen molar-refractivity contribution >= 4 is 22.5 Å². The van der Waals surface area contributed by atoms with Crippen LogP contribution in [-0.2, 0) is 6.54 Å². The second-order valence-electron chi connectivity index (χ2n) is 8.30. The van der Waals surface area contributed by atoms with Gasteiger partial charge in [0.15, 0.2) is 11.5 Å². The van der Waals surface area contributed by atoms with Gasteiger partial charge in [0.2, 0.25) is 0 Å². The molecule has 166 valence electrons. The lowest BCUT2D eigenvalue weighted by molar-refractivity contribution is -0.386. The molecule has 2 aliphatic rings. The lowest BCUT2D eigenvalue weighted by atomic mass is 9.83. The summed E-state index contributed by atoms with van der Waals surface area (Å²) in [7, 11) is 3.12. The molecule has 0 radical (unpaired) electrons. The van der Waals surface area contributed by atoms with E-state index in [1.54, 1.807) is 37.3 Å². The van der Waals surface area contributed by atoms with Gasteiger partial charge in [-0.25, -0.2) is 0 Å². The van der Waals surface area contributed by atoms with Crippen molar-refractivity contribution in [3.05, 3.63) is 62.2 Å². The van der Waals surface area contributed by atoms with Crippen LogP contribution in [0.4, 0.5) is 5.69 Å². The third-order valence-corrected chi connectivity index (χ3v) is 6.42. The van der Waals surface area contributed by atoms with Crippen molar-refractivity contribution < 1.29 is 19.2 Å². The number of ether oxygens (including phenoxy) is 2. The lowest BCUT2D eigenvalue weighted by Gasteiger charge is -2.42. The number of methoxy groups -OCH3 is 2. The van der Waals surface area contributed by atoms with E-state index in [1.165, 1.54) is 10.6 Å². The van der Waals surface area contributed by atoms with Crippen molar-refractivity contribution in [2.45, 2.75) is 18.9 Å². The van der Waals surface area contributed by atoms with E-state index in [4.69, 9.17) is 9.47 Å². The summed E-state index contributed by atoms with van der Waals surface area (Å²) in [5, 5.41) is 12.0. The van der Waals surface area contributed by atoms with Crippen LogP contribution in [0.3, 0.4) is 0 Å². The Morgan fingerprint density at radius 1 is 1.12 bits per heavy atom. The van der Waals surface area contributed by atoms with E-state index in [1.807, 2.05) is 6.07 Å². The van der Waals surface area contributed by atoms with Crippen LogP contribution in [0.5, 0.6) is 11.5 Å². The number of carbonyl (C=O) groups is 1. The second-order valence-corrected chi connectivity index (χ2v) is 8.30. The van der Waals surface area contributed by atoms with Crippen LogP contribution in [0.2, 0.25) is 0 Å². The number of benzene rings is 1. The number of nitro groups is 1. The van der Waals surface area contributed by atoms with Gasteiger partial charge in [0, 0.05) is 54.3 Å². The normalized spacial score (nSPS) is 19.5. The maximum absolute atomic E-state index is 13.3. The highest BCUT2D eigenvalue weighted by atomic mass is 16.6. The van der Waals surface area contributed by atoms with Gasteiger partial charge in [0.25, 0.3) is 5.91 Å². The van der Waals surface area contributed by atoms with E-state index in [0.29, 0.717) is 36.8 Å². The van der Waals surface area contributed by atoms with E-state index in [-0.39, 0.29) is 17.7 Å². The maximum Gasteiger partial charge on any atom is 0.334 e. The van der Waals surface area contributed by atoms with Gasteiger partial charge in [0.05, 0.1) is 19.1 Å². The molecule has 1 fully saturated rings. The summed E-state index contributed by atoms with van der Waals surface area (Å²) < 4.78 is 12.2. The van der Waals surface area contributed by atoms with E-state index >= 15 is 0 Å². The van der Waals surface area contributed by atoms with Crippen LogP contribution in [0, 0.1) is 16.0 Å². The molecule has 0 aliphatic carbocycles. The number of amides is 1. The van der Waals surface area contributed by atoms with Crippen LogP contribution in [0.25, 0.3) is 10.9 Å². The number of nitrogens with one attached hydrogen (secondary N) is 1. The first-order valence-corrected chi connectivity index (χ1v) is 10.3. The van der Waals surface area contributed by atoms with Crippen LogP contribution >= 0.6 is 0 Å². The molecule has 0 spiro atoms. The van der Waals surface area contributed by atoms with Gasteiger partial charge < -0.3 is 23.9 Å². The largest absolute Gasteiger partial charge is 0.493 e. The number of pyridine rings is 1. The zero-order valence-electron chi connectivity index (χ0n) is 17.7. The van der Waals surface area contributed by atoms with Crippen LogP contribution in [0.15, 0.2) is 35.1 Å². The second kappa shape index (κ2) is 7.40. The molecule has 4 heterocycles. The molecule has 1 aromatic carbocycles. The maximum atomic E-state index is 13.3. The first-order valence-electron chi connectivity index (χ1n) is 10.3. The highest BCUT2D eigenvalue weighted by Gasteiger charge is 2.38. The topological polar surface area (TPSA) is 120 Å². The number of fused-ring (bicyclic) bond motifs is 5. The number of nitrogens with zero attached hydrogens (tertiary/aromatic N) is 3. The number of aromatic nitrogens is 2. The number of hydrogen-bond acceptors (Lipinski definition) is 6. The van der Waals surface area contributed by atoms with Crippen molar-refractivity contribution in [1.82, 2.24) is 14.5 Å². The minimum Gasteiger partial charge on any atom is -0.493 e. The Bertz CT molecular complexity index is 1270. The predicted molar refractivity (Wildman–Crippen MR) is 116 cm³/mol. The third-order valence-electron chi connectivity index (χ3n) is 6.42. The van der Waals surface area contributed by atoms with Gasteiger partial charge >= 0.3 is 11.2 Å². The van der Waals surface area contributed by atoms with Gasteiger partial charge in [0.1, 0.15) is 5.69 Å². The molecule has 2 aliphatic heterocycles. The molecule has 10 nitrogen and oxygen atoms in total. The lowest BCUT2D eigenvalue weighted by Crippen LogP contribution is -2.49. The number of rotatable bonds is 4. The Balaban J connectivity index is 1.44. The molecule has 2 atom stereocenters. The average Bonchev–Trinajstić information content (AvgIpc) is 3.20. The number of aromatic amines is 1. The zero-order valence-corrected chi connectivity index (χ0v) is 17.7. The average molecular weight is 438 g/mol. The third kappa shape index (κ3) is 3.10. The highest BCUT2D eigenvalue weighted by molar-refractivity contribution is 5.98. The molecule has 1 amide bonds. The monoisotopic (exact) mass is 438 g/mol. The standard InChI is InChI=1S/C22H22N4O6/c1-31-19-7-13-6-16(23-15(13)8-20(19)32-2)21(27)24-9-12-5-14(11-24)17-3-4-18(26(29)30)22(28)25(17)10-12/h3-4,6-8,12,14,23H,5,9-11H2,1-2H3. The van der Waals surface area contributed by atoms with Crippen LogP contribution in [0.1, 0.15) is 28.5 Å². The summed E-state index contributed by atoms with van der Waals surface area (Å²) >= 11 is 0. The van der Waals surface area contributed by atoms with Crippen molar-refractivity contribution in [1.29, 1.82) is 0 Å². The molecular weight excluding hydrogens is 416 g/mol. The van der Waals surface area contributed by atoms with Crippen molar-refractivity contribution in [3.8, 4) is 11.5 Å². The summed E-state index contributed by atoms with van der Waals surface area (Å²) in [5.41, 5.74) is 1.01. The summed E-state index contributed by atoms with van der Waals surface area (Å²) in [6, 6.07) is 8.34. The molecule has 5 rings (SSSR count). The number of carbonyl (C=O) groups excluding carboxylic acids is 1. The van der Waals surface area contributed by atoms with E-state index < -0.39 is 16.2 Å². The molecule has 10 heteroatoms. The fraction of sp³-hybridized carbons (Fsp3) is 0.364. The summed E-state index contributed by atoms with van der Waals surface area (Å²) in [4.78, 5) is 41.3. The van der Waals surface area contributed by atoms with Gasteiger partial charge in [-0.1, -0.05) is 0 Å². The van der Waals surface area contributed by atoms with Gasteiger partial charge in [-0.3, -0.25) is 19.7 Å². The van der Waals surface area contributed by atoms with Gasteiger partial charge in [-0.05, 0) is 30.5 Å². The number of piperidine rings is 1. The molecule has 2 bridgehead atoms. The highest BCUT2D eigenvalue weighted by Crippen LogP contribution is 2.37. The molecule has 2 unspecified atom stereocenters. The molecular formula is C22H22N4O6. The van der Waals surface area contributed by atoms with E-state index in [2.05, 4.69) is 4.98 Å². The first kappa shape index (κ1) is 20.1. The van der Waals surface area contributed by atoms with Gasteiger partial charge in [-0.15, -0.1) is 0 Å². The summed E-state index contributed by atoms with van der Waals surface area (Å²) in [6.45, 7) is 1.32. The first-order chi connectivity index (χ1) is 15.4. The van der Waals surface area contributed by atoms with E-state index in [9.17, 15) is 19.7 Å². The SMILES string of the molecule is COc1cc2cc(C(=O)N3CC4CC(C3)c3ccc([N+](=O)[O-])c(=O)n3C4)[nH]c2cc1OC. The molecule has 1 N–H and O–H groups in total.